The second kappa shape index (κ2) is 6.75. The van der Waals surface area contributed by atoms with Gasteiger partial charge in [-0.3, -0.25) is 9.48 Å². The third-order valence-electron chi connectivity index (χ3n) is 4.36. The van der Waals surface area contributed by atoms with E-state index in [2.05, 4.69) is 18.1 Å². The zero-order valence-electron chi connectivity index (χ0n) is 13.7. The molecule has 2 aromatic rings. The molecule has 2 heterocycles. The molecule has 0 atom stereocenters. The fourth-order valence-electron chi connectivity index (χ4n) is 3.13. The molecular weight excluding hydrogens is 310 g/mol. The van der Waals surface area contributed by atoms with Crippen LogP contribution in [0.5, 0.6) is 0 Å². The molecule has 1 amide bonds. The Bertz CT molecular complexity index is 723. The number of hydrogen-bond donors (Lipinski definition) is 0. The van der Waals surface area contributed by atoms with Gasteiger partial charge in [0.05, 0.1) is 11.3 Å². The van der Waals surface area contributed by atoms with Crippen LogP contribution in [0.25, 0.3) is 0 Å². The van der Waals surface area contributed by atoms with Crippen LogP contribution in [0.1, 0.15) is 47.8 Å². The molecule has 3 rings (SSSR count). The smallest absolute Gasteiger partial charge is 0.263 e. The molecule has 1 aromatic heterocycles. The number of benzene rings is 1. The Hall–Kier alpha value is -1.81. The Morgan fingerprint density at radius 2 is 2.13 bits per heavy atom. The van der Waals surface area contributed by atoms with E-state index in [1.807, 2.05) is 30.0 Å². The maximum Gasteiger partial charge on any atom is 0.263 e. The second-order valence-corrected chi connectivity index (χ2v) is 6.37. The predicted octanol–water partition coefficient (Wildman–Crippen LogP) is 4.24. The number of hydrogen-bond acceptors (Lipinski definition) is 2. The quantitative estimate of drug-likeness (QED) is 0.840. The van der Waals surface area contributed by atoms with Gasteiger partial charge in [0.15, 0.2) is 0 Å². The molecule has 0 bridgehead atoms. The second-order valence-electron chi connectivity index (χ2n) is 6.02. The lowest BCUT2D eigenvalue weighted by atomic mass is 10.0. The molecule has 122 valence electrons. The molecule has 0 saturated carbocycles. The first-order valence-electron chi connectivity index (χ1n) is 8.26. The average Bonchev–Trinajstić information content (AvgIpc) is 2.85. The highest BCUT2D eigenvalue weighted by Crippen LogP contribution is 2.30. The summed E-state index contributed by atoms with van der Waals surface area (Å²) in [7, 11) is 0. The third-order valence-corrected chi connectivity index (χ3v) is 4.74. The van der Waals surface area contributed by atoms with Crippen molar-refractivity contribution in [1.82, 2.24) is 9.78 Å². The number of anilines is 1. The van der Waals surface area contributed by atoms with Crippen LogP contribution in [0.4, 0.5) is 5.69 Å². The Kier molecular flexibility index (Phi) is 4.71. The molecule has 0 saturated heterocycles. The molecule has 4 nitrogen and oxygen atoms in total. The number of nitrogens with zero attached hydrogens (tertiary/aromatic N) is 3. The van der Waals surface area contributed by atoms with Crippen LogP contribution in [0.2, 0.25) is 5.15 Å². The highest BCUT2D eigenvalue weighted by atomic mass is 35.5. The number of amides is 1. The summed E-state index contributed by atoms with van der Waals surface area (Å²) >= 11 is 6.46. The van der Waals surface area contributed by atoms with Crippen molar-refractivity contribution >= 4 is 23.2 Å². The molecule has 0 fully saturated rings. The Labute approximate surface area is 142 Å². The summed E-state index contributed by atoms with van der Waals surface area (Å²) in [6.45, 7) is 5.46. The Balaban J connectivity index is 1.94. The Morgan fingerprint density at radius 1 is 1.35 bits per heavy atom. The van der Waals surface area contributed by atoms with Gasteiger partial charge in [-0.1, -0.05) is 43.1 Å². The fourth-order valence-corrected chi connectivity index (χ4v) is 3.47. The molecule has 0 spiro atoms. The van der Waals surface area contributed by atoms with Crippen molar-refractivity contribution in [3.63, 3.8) is 0 Å². The first-order chi connectivity index (χ1) is 11.1. The largest absolute Gasteiger partial charge is 0.308 e. The topological polar surface area (TPSA) is 38.1 Å². The molecule has 1 aliphatic rings. The summed E-state index contributed by atoms with van der Waals surface area (Å²) in [5, 5.41) is 4.92. The van der Waals surface area contributed by atoms with Gasteiger partial charge in [-0.15, -0.1) is 0 Å². The van der Waals surface area contributed by atoms with Gasteiger partial charge in [0.1, 0.15) is 5.15 Å². The minimum absolute atomic E-state index is 0.0394. The summed E-state index contributed by atoms with van der Waals surface area (Å²) in [5.41, 5.74) is 3.47. The molecule has 0 radical (unpaired) electrons. The normalized spacial score (nSPS) is 14.0. The maximum absolute atomic E-state index is 13.1. The standard InChI is InChI=1S/C18H22ClN3O/c1-3-4-12-22-17(19)16(13(2)20-22)18(23)21-11-7-9-14-8-5-6-10-15(14)21/h5-6,8,10H,3-4,7,9,11-12H2,1-2H3. The molecule has 1 aliphatic heterocycles. The van der Waals surface area contributed by atoms with E-state index in [0.29, 0.717) is 16.4 Å². The lowest BCUT2D eigenvalue weighted by Crippen LogP contribution is -2.35. The van der Waals surface area contributed by atoms with Crippen LogP contribution in [0, 0.1) is 6.92 Å². The van der Waals surface area contributed by atoms with Gasteiger partial charge in [-0.2, -0.15) is 5.10 Å². The number of carbonyl (C=O) groups is 1. The van der Waals surface area contributed by atoms with E-state index < -0.39 is 0 Å². The predicted molar refractivity (Wildman–Crippen MR) is 93.3 cm³/mol. The zero-order chi connectivity index (χ0) is 16.4. The van der Waals surface area contributed by atoms with Crippen molar-refractivity contribution in [2.24, 2.45) is 0 Å². The van der Waals surface area contributed by atoms with Gasteiger partial charge in [0, 0.05) is 18.8 Å². The van der Waals surface area contributed by atoms with Crippen LogP contribution in [0.3, 0.4) is 0 Å². The van der Waals surface area contributed by atoms with E-state index in [9.17, 15) is 4.79 Å². The summed E-state index contributed by atoms with van der Waals surface area (Å²) < 4.78 is 1.75. The van der Waals surface area contributed by atoms with Crippen molar-refractivity contribution in [2.75, 3.05) is 11.4 Å². The molecule has 5 heteroatoms. The van der Waals surface area contributed by atoms with E-state index in [1.54, 1.807) is 4.68 Å². The van der Waals surface area contributed by atoms with Crippen molar-refractivity contribution < 1.29 is 4.79 Å². The van der Waals surface area contributed by atoms with Crippen LogP contribution in [-0.4, -0.2) is 22.2 Å². The van der Waals surface area contributed by atoms with E-state index in [1.165, 1.54) is 5.56 Å². The Morgan fingerprint density at radius 3 is 2.91 bits per heavy atom. The zero-order valence-corrected chi connectivity index (χ0v) is 14.4. The number of unbranched alkanes of at least 4 members (excludes halogenated alkanes) is 1. The number of para-hydroxylation sites is 1. The summed E-state index contributed by atoms with van der Waals surface area (Å²) in [4.78, 5) is 14.9. The highest BCUT2D eigenvalue weighted by molar-refractivity contribution is 6.33. The minimum Gasteiger partial charge on any atom is -0.308 e. The lowest BCUT2D eigenvalue weighted by molar-refractivity contribution is 0.0984. The third kappa shape index (κ3) is 3.00. The summed E-state index contributed by atoms with van der Waals surface area (Å²) in [6.07, 6.45) is 4.06. The molecule has 0 N–H and O–H groups in total. The van der Waals surface area contributed by atoms with Gasteiger partial charge in [-0.25, -0.2) is 0 Å². The van der Waals surface area contributed by atoms with E-state index in [0.717, 1.165) is 44.5 Å². The van der Waals surface area contributed by atoms with Gasteiger partial charge >= 0.3 is 0 Å². The number of aryl methyl sites for hydroxylation is 3. The summed E-state index contributed by atoms with van der Waals surface area (Å²) in [5.74, 6) is -0.0394. The minimum atomic E-state index is -0.0394. The van der Waals surface area contributed by atoms with E-state index in [-0.39, 0.29) is 5.91 Å². The van der Waals surface area contributed by atoms with Crippen molar-refractivity contribution in [1.29, 1.82) is 0 Å². The monoisotopic (exact) mass is 331 g/mol. The van der Waals surface area contributed by atoms with E-state index in [4.69, 9.17) is 11.6 Å². The number of aromatic nitrogens is 2. The number of carbonyl (C=O) groups excluding carboxylic acids is 1. The van der Waals surface area contributed by atoms with E-state index >= 15 is 0 Å². The number of rotatable bonds is 4. The van der Waals surface area contributed by atoms with Gasteiger partial charge in [-0.05, 0) is 37.8 Å². The van der Waals surface area contributed by atoms with Crippen LogP contribution < -0.4 is 4.90 Å². The first kappa shape index (κ1) is 16.1. The van der Waals surface area contributed by atoms with Crippen LogP contribution >= 0.6 is 11.6 Å². The molecule has 0 aliphatic carbocycles. The molecule has 1 aromatic carbocycles. The van der Waals surface area contributed by atoms with Gasteiger partial charge in [0.2, 0.25) is 0 Å². The fraction of sp³-hybridized carbons (Fsp3) is 0.444. The first-order valence-corrected chi connectivity index (χ1v) is 8.64. The maximum atomic E-state index is 13.1. The lowest BCUT2D eigenvalue weighted by Gasteiger charge is -2.29. The van der Waals surface area contributed by atoms with Gasteiger partial charge in [0.25, 0.3) is 5.91 Å². The molecule has 0 unspecified atom stereocenters. The van der Waals surface area contributed by atoms with Crippen LogP contribution in [-0.2, 0) is 13.0 Å². The number of fused-ring (bicyclic) bond motifs is 1. The SMILES string of the molecule is CCCCn1nc(C)c(C(=O)N2CCCc3ccccc32)c1Cl. The average molecular weight is 332 g/mol. The van der Waals surface area contributed by atoms with Crippen molar-refractivity contribution in [3.05, 3.63) is 46.2 Å². The van der Waals surface area contributed by atoms with Crippen molar-refractivity contribution in [3.8, 4) is 0 Å². The highest BCUT2D eigenvalue weighted by Gasteiger charge is 2.28. The van der Waals surface area contributed by atoms with Crippen molar-refractivity contribution in [2.45, 2.75) is 46.1 Å². The molecular formula is C18H22ClN3O. The molecule has 23 heavy (non-hydrogen) atoms. The van der Waals surface area contributed by atoms with Gasteiger partial charge < -0.3 is 4.90 Å². The number of halogens is 1. The van der Waals surface area contributed by atoms with Crippen LogP contribution in [0.15, 0.2) is 24.3 Å². The summed E-state index contributed by atoms with van der Waals surface area (Å²) in [6, 6.07) is 8.10.